The Bertz CT molecular complexity index is 839. The number of nitrogens with zero attached hydrogens (tertiary/aromatic N) is 2. The summed E-state index contributed by atoms with van der Waals surface area (Å²) in [6.07, 6.45) is 0. The number of likely N-dealkylation sites (N-methyl/N-ethyl adjacent to an activating group) is 1. The minimum Gasteiger partial charge on any atom is -0.435 e. The van der Waals surface area contributed by atoms with Crippen molar-refractivity contribution in [1.82, 2.24) is 4.90 Å². The average molecular weight is 345 g/mol. The first-order valence-corrected chi connectivity index (χ1v) is 7.61. The summed E-state index contributed by atoms with van der Waals surface area (Å²) in [7, 11) is 1.55. The smallest absolute Gasteiger partial charge is 0.387 e. The zero-order valence-electron chi connectivity index (χ0n) is 13.7. The molecule has 1 aliphatic rings. The molecule has 0 bridgehead atoms. The number of hydrogen-bond acceptors (Lipinski definition) is 4. The first-order valence-electron chi connectivity index (χ1n) is 7.61. The van der Waals surface area contributed by atoms with Crippen LogP contribution < -0.4 is 10.5 Å². The number of benzene rings is 2. The molecule has 0 saturated carbocycles. The fraction of sp³-hybridized carbons (Fsp3) is 0.222. The highest BCUT2D eigenvalue weighted by atomic mass is 19.3. The molecule has 5 nitrogen and oxygen atoms in total. The summed E-state index contributed by atoms with van der Waals surface area (Å²) in [4.78, 5) is 18.7. The van der Waals surface area contributed by atoms with Gasteiger partial charge in [-0.15, -0.1) is 0 Å². The van der Waals surface area contributed by atoms with Crippen LogP contribution in [0.3, 0.4) is 0 Å². The topological polar surface area (TPSA) is 67.9 Å². The molecule has 25 heavy (non-hydrogen) atoms. The molecule has 2 aromatic rings. The van der Waals surface area contributed by atoms with Crippen molar-refractivity contribution in [3.8, 4) is 5.75 Å². The fourth-order valence-corrected chi connectivity index (χ4v) is 2.97. The molecule has 0 fully saturated rings. The van der Waals surface area contributed by atoms with Crippen LogP contribution in [0.5, 0.6) is 5.75 Å². The molecule has 0 aromatic heterocycles. The van der Waals surface area contributed by atoms with Gasteiger partial charge in [-0.3, -0.25) is 9.69 Å². The monoisotopic (exact) mass is 345 g/mol. The Morgan fingerprint density at radius 1 is 1.16 bits per heavy atom. The summed E-state index contributed by atoms with van der Waals surface area (Å²) in [5.74, 6) is -0.157. The van der Waals surface area contributed by atoms with Gasteiger partial charge in [0.05, 0.1) is 0 Å². The number of hydrogen-bond donors (Lipinski definition) is 1. The van der Waals surface area contributed by atoms with E-state index in [0.717, 1.165) is 0 Å². The fourth-order valence-electron chi connectivity index (χ4n) is 2.97. The lowest BCUT2D eigenvalue weighted by atomic mass is 9.82. The van der Waals surface area contributed by atoms with Gasteiger partial charge in [0.2, 0.25) is 0 Å². The highest BCUT2D eigenvalue weighted by molar-refractivity contribution is 6.08. The molecule has 1 heterocycles. The van der Waals surface area contributed by atoms with Gasteiger partial charge in [-0.1, -0.05) is 36.4 Å². The lowest BCUT2D eigenvalue weighted by Crippen LogP contribution is -2.41. The van der Waals surface area contributed by atoms with Crippen molar-refractivity contribution in [1.29, 1.82) is 0 Å². The number of ether oxygens (including phenoxy) is 1. The third-order valence-electron chi connectivity index (χ3n) is 4.24. The number of amides is 1. The van der Waals surface area contributed by atoms with Crippen molar-refractivity contribution in [3.63, 3.8) is 0 Å². The molecular weight excluding hydrogens is 328 g/mol. The average Bonchev–Trinajstić information content (AvgIpc) is 2.82. The summed E-state index contributed by atoms with van der Waals surface area (Å²) in [6.45, 7) is -1.28. The highest BCUT2D eigenvalue weighted by Crippen LogP contribution is 2.40. The van der Waals surface area contributed by atoms with E-state index in [-0.39, 0.29) is 17.6 Å². The molecule has 3 rings (SSSR count). The molecule has 2 aromatic carbocycles. The Labute approximate surface area is 143 Å². The number of aliphatic imine (C=N–C) groups is 1. The number of aryl methyl sites for hydroxylation is 1. The van der Waals surface area contributed by atoms with Gasteiger partial charge in [0.15, 0.2) is 11.5 Å². The normalized spacial score (nSPS) is 20.1. The van der Waals surface area contributed by atoms with Crippen molar-refractivity contribution in [2.75, 3.05) is 7.05 Å². The van der Waals surface area contributed by atoms with Crippen LogP contribution in [0.2, 0.25) is 0 Å². The first kappa shape index (κ1) is 16.9. The molecule has 130 valence electrons. The summed E-state index contributed by atoms with van der Waals surface area (Å²) >= 11 is 0. The molecule has 0 unspecified atom stereocenters. The third kappa shape index (κ3) is 2.71. The van der Waals surface area contributed by atoms with Gasteiger partial charge in [-0.25, -0.2) is 4.99 Å². The number of nitrogens with two attached hydrogens (primary N) is 1. The van der Waals surface area contributed by atoms with Crippen LogP contribution in [0.15, 0.2) is 53.5 Å². The molecule has 0 spiro atoms. The lowest BCUT2D eigenvalue weighted by molar-refractivity contribution is -0.129. The molecule has 0 radical (unpaired) electrons. The van der Waals surface area contributed by atoms with Crippen molar-refractivity contribution in [3.05, 3.63) is 65.2 Å². The molecule has 0 saturated heterocycles. The van der Waals surface area contributed by atoms with Crippen LogP contribution in [0.1, 0.15) is 16.7 Å². The second-order valence-electron chi connectivity index (χ2n) is 5.77. The van der Waals surface area contributed by atoms with Gasteiger partial charge < -0.3 is 10.5 Å². The van der Waals surface area contributed by atoms with Gasteiger partial charge in [-0.05, 0) is 35.7 Å². The Balaban J connectivity index is 2.18. The maximum Gasteiger partial charge on any atom is 0.387 e. The van der Waals surface area contributed by atoms with Crippen LogP contribution in [0.4, 0.5) is 8.78 Å². The van der Waals surface area contributed by atoms with Crippen molar-refractivity contribution < 1.29 is 18.3 Å². The first-order chi connectivity index (χ1) is 11.9. The van der Waals surface area contributed by atoms with Gasteiger partial charge in [-0.2, -0.15) is 8.78 Å². The standard InChI is InChI=1S/C18H17F2N3O2/c1-11-10-13(8-9-14(11)25-16(19)20)18(12-6-4-3-5-7-12)15(24)23(2)17(21)22-18/h3-10,16H,1-2H3,(H2,21,22)/t18-/m1/s1. The van der Waals surface area contributed by atoms with Gasteiger partial charge in [0.25, 0.3) is 5.91 Å². The predicted octanol–water partition coefficient (Wildman–Crippen LogP) is 2.63. The van der Waals surface area contributed by atoms with E-state index in [1.807, 2.05) is 6.07 Å². The van der Waals surface area contributed by atoms with E-state index in [1.165, 1.54) is 11.0 Å². The molecule has 0 aliphatic carbocycles. The molecular formula is C18H17F2N3O2. The number of alkyl halides is 2. The van der Waals surface area contributed by atoms with E-state index < -0.39 is 12.2 Å². The lowest BCUT2D eigenvalue weighted by Gasteiger charge is -2.26. The minimum atomic E-state index is -2.92. The van der Waals surface area contributed by atoms with Gasteiger partial charge in [0.1, 0.15) is 5.75 Å². The summed E-state index contributed by atoms with van der Waals surface area (Å²) in [6, 6.07) is 13.6. The number of carbonyl (C=O) groups is 1. The van der Waals surface area contributed by atoms with E-state index in [4.69, 9.17) is 5.73 Å². The molecule has 1 amide bonds. The Hall–Kier alpha value is -2.96. The van der Waals surface area contributed by atoms with Gasteiger partial charge >= 0.3 is 6.61 Å². The number of guanidine groups is 1. The molecule has 1 aliphatic heterocycles. The minimum absolute atomic E-state index is 0.0534. The third-order valence-corrected chi connectivity index (χ3v) is 4.24. The Morgan fingerprint density at radius 2 is 1.84 bits per heavy atom. The van der Waals surface area contributed by atoms with Crippen LogP contribution in [-0.4, -0.2) is 30.4 Å². The second-order valence-corrected chi connectivity index (χ2v) is 5.77. The maximum atomic E-state index is 13.0. The zero-order valence-corrected chi connectivity index (χ0v) is 13.7. The van der Waals surface area contributed by atoms with Gasteiger partial charge in [0, 0.05) is 7.05 Å². The zero-order chi connectivity index (χ0) is 18.2. The summed E-state index contributed by atoms with van der Waals surface area (Å²) < 4.78 is 29.5. The van der Waals surface area contributed by atoms with Crippen LogP contribution in [0, 0.1) is 6.92 Å². The second kappa shape index (κ2) is 6.16. The van der Waals surface area contributed by atoms with E-state index >= 15 is 0 Å². The predicted molar refractivity (Wildman–Crippen MR) is 89.4 cm³/mol. The van der Waals surface area contributed by atoms with E-state index in [9.17, 15) is 13.6 Å². The van der Waals surface area contributed by atoms with Crippen LogP contribution in [-0.2, 0) is 10.3 Å². The van der Waals surface area contributed by atoms with Crippen molar-refractivity contribution >= 4 is 11.9 Å². The van der Waals surface area contributed by atoms with Crippen molar-refractivity contribution in [2.45, 2.75) is 19.1 Å². The van der Waals surface area contributed by atoms with Crippen molar-refractivity contribution in [2.24, 2.45) is 10.7 Å². The SMILES string of the molecule is Cc1cc([C@@]2(c3ccccc3)N=C(N)N(C)C2=O)ccc1OC(F)F. The molecule has 7 heteroatoms. The molecule has 1 atom stereocenters. The summed E-state index contributed by atoms with van der Waals surface area (Å²) in [5, 5.41) is 0. The largest absolute Gasteiger partial charge is 0.435 e. The quantitative estimate of drug-likeness (QED) is 0.926. The maximum absolute atomic E-state index is 13.0. The van der Waals surface area contributed by atoms with E-state index in [2.05, 4.69) is 9.73 Å². The van der Waals surface area contributed by atoms with Crippen LogP contribution in [0.25, 0.3) is 0 Å². The van der Waals surface area contributed by atoms with E-state index in [1.54, 1.807) is 50.4 Å². The Kier molecular flexibility index (Phi) is 4.16. The number of halogens is 2. The highest BCUT2D eigenvalue weighted by Gasteiger charge is 2.49. The Morgan fingerprint density at radius 3 is 2.36 bits per heavy atom. The molecule has 2 N–H and O–H groups in total. The van der Waals surface area contributed by atoms with E-state index in [0.29, 0.717) is 16.7 Å². The summed E-state index contributed by atoms with van der Waals surface area (Å²) in [5.41, 5.74) is 6.21. The van der Waals surface area contributed by atoms with Crippen LogP contribution >= 0.6 is 0 Å². The number of rotatable bonds is 4. The number of carbonyl (C=O) groups excluding carboxylic acids is 1.